The maximum Gasteiger partial charge on any atom is 0.341 e. The smallest absolute Gasteiger partial charge is 0.341 e. The van der Waals surface area contributed by atoms with Crippen LogP contribution in [0.1, 0.15) is 20.3 Å². The molecule has 0 fully saturated rings. The number of amides is 1. The predicted molar refractivity (Wildman–Crippen MR) is 85.2 cm³/mol. The van der Waals surface area contributed by atoms with E-state index >= 15 is 0 Å². The van der Waals surface area contributed by atoms with E-state index < -0.39 is 12.6 Å². The second-order valence-electron chi connectivity index (χ2n) is 5.14. The van der Waals surface area contributed by atoms with Gasteiger partial charge in [-0.05, 0) is 18.6 Å². The summed E-state index contributed by atoms with van der Waals surface area (Å²) >= 11 is 0. The molecule has 0 aliphatic rings. The third-order valence-corrected chi connectivity index (χ3v) is 3.55. The number of fused-ring (bicyclic) bond motifs is 1. The summed E-state index contributed by atoms with van der Waals surface area (Å²) in [5, 5.41) is 13.2. The first kappa shape index (κ1) is 15.8. The zero-order chi connectivity index (χ0) is 16.1. The Morgan fingerprint density at radius 1 is 1.18 bits per heavy atom. The van der Waals surface area contributed by atoms with Gasteiger partial charge in [-0.2, -0.15) is 0 Å². The Bertz CT molecular complexity index is 696. The highest BCUT2D eigenvalue weighted by Gasteiger charge is 2.13. The van der Waals surface area contributed by atoms with Crippen molar-refractivity contribution >= 4 is 28.3 Å². The number of rotatable bonds is 6. The van der Waals surface area contributed by atoms with Crippen LogP contribution < -0.4 is 10.1 Å². The zero-order valence-electron chi connectivity index (χ0n) is 12.6. The lowest BCUT2D eigenvalue weighted by Gasteiger charge is -2.14. The number of carbonyl (C=O) groups is 2. The second-order valence-corrected chi connectivity index (χ2v) is 5.14. The van der Waals surface area contributed by atoms with E-state index in [2.05, 4.69) is 5.32 Å². The predicted octanol–water partition coefficient (Wildman–Crippen LogP) is 3.29. The lowest BCUT2D eigenvalue weighted by Crippen LogP contribution is -2.19. The minimum absolute atomic E-state index is 0.0353. The quantitative estimate of drug-likeness (QED) is 0.858. The standard InChI is InChI=1S/C17H19NO4/c1-3-11(2)17(21)18-14-8-9-15(22-10-16(19)20)13-7-5-4-6-12(13)14/h4-9,11H,3,10H2,1-2H3,(H,18,21)(H,19,20). The van der Waals surface area contributed by atoms with Gasteiger partial charge >= 0.3 is 5.97 Å². The van der Waals surface area contributed by atoms with E-state index in [4.69, 9.17) is 9.84 Å². The van der Waals surface area contributed by atoms with Crippen LogP contribution in [0.25, 0.3) is 10.8 Å². The number of nitrogens with one attached hydrogen (secondary N) is 1. The number of hydrogen-bond donors (Lipinski definition) is 2. The molecule has 0 radical (unpaired) electrons. The summed E-state index contributed by atoms with van der Waals surface area (Å²) in [4.78, 5) is 22.7. The summed E-state index contributed by atoms with van der Waals surface area (Å²) in [5.41, 5.74) is 0.698. The van der Waals surface area contributed by atoms with Crippen LogP contribution in [0.5, 0.6) is 5.75 Å². The molecule has 0 saturated carbocycles. The highest BCUT2D eigenvalue weighted by atomic mass is 16.5. The molecule has 2 aromatic rings. The van der Waals surface area contributed by atoms with E-state index in [9.17, 15) is 9.59 Å². The molecule has 5 heteroatoms. The SMILES string of the molecule is CCC(C)C(=O)Nc1ccc(OCC(=O)O)c2ccccc12. The average molecular weight is 301 g/mol. The zero-order valence-corrected chi connectivity index (χ0v) is 12.6. The molecule has 0 heterocycles. The van der Waals surface area contributed by atoms with Gasteiger partial charge in [0, 0.05) is 22.4 Å². The molecule has 22 heavy (non-hydrogen) atoms. The minimum Gasteiger partial charge on any atom is -0.481 e. The first-order chi connectivity index (χ1) is 10.5. The number of aliphatic carboxylic acids is 1. The van der Waals surface area contributed by atoms with Gasteiger partial charge in [-0.1, -0.05) is 38.1 Å². The molecule has 1 amide bonds. The molecule has 1 atom stereocenters. The summed E-state index contributed by atoms with van der Waals surface area (Å²) in [6.07, 6.45) is 0.767. The summed E-state index contributed by atoms with van der Waals surface area (Å²) < 4.78 is 5.30. The van der Waals surface area contributed by atoms with E-state index in [0.29, 0.717) is 11.4 Å². The van der Waals surface area contributed by atoms with Gasteiger partial charge in [0.05, 0.1) is 0 Å². The number of carboxylic acids is 1. The van der Waals surface area contributed by atoms with E-state index in [1.807, 2.05) is 38.1 Å². The van der Waals surface area contributed by atoms with Crippen molar-refractivity contribution in [2.24, 2.45) is 5.92 Å². The lowest BCUT2D eigenvalue weighted by molar-refractivity contribution is -0.139. The van der Waals surface area contributed by atoms with Crippen molar-refractivity contribution in [1.29, 1.82) is 0 Å². The molecule has 0 aliphatic carbocycles. The molecule has 0 aliphatic heterocycles. The number of carbonyl (C=O) groups excluding carboxylic acids is 1. The molecule has 1 unspecified atom stereocenters. The van der Waals surface area contributed by atoms with Crippen molar-refractivity contribution in [2.75, 3.05) is 11.9 Å². The highest BCUT2D eigenvalue weighted by Crippen LogP contribution is 2.31. The van der Waals surface area contributed by atoms with Crippen LogP contribution in [-0.2, 0) is 9.59 Å². The molecule has 5 nitrogen and oxygen atoms in total. The van der Waals surface area contributed by atoms with Crippen molar-refractivity contribution in [3.8, 4) is 5.75 Å². The van der Waals surface area contributed by atoms with Crippen LogP contribution >= 0.6 is 0 Å². The first-order valence-corrected chi connectivity index (χ1v) is 7.20. The monoisotopic (exact) mass is 301 g/mol. The molecule has 2 N–H and O–H groups in total. The Balaban J connectivity index is 2.35. The van der Waals surface area contributed by atoms with Crippen molar-refractivity contribution in [3.63, 3.8) is 0 Å². The number of benzene rings is 2. The molecule has 0 aromatic heterocycles. The third kappa shape index (κ3) is 3.55. The Kier molecular flexibility index (Phi) is 4.99. The molecule has 2 aromatic carbocycles. The van der Waals surface area contributed by atoms with Gasteiger partial charge in [-0.25, -0.2) is 4.79 Å². The molecule has 2 rings (SSSR count). The number of anilines is 1. The Hall–Kier alpha value is -2.56. The topological polar surface area (TPSA) is 75.6 Å². The first-order valence-electron chi connectivity index (χ1n) is 7.20. The van der Waals surface area contributed by atoms with Crippen LogP contribution in [0.4, 0.5) is 5.69 Å². The van der Waals surface area contributed by atoms with Gasteiger partial charge in [0.1, 0.15) is 5.75 Å². The van der Waals surface area contributed by atoms with Crippen molar-refractivity contribution in [3.05, 3.63) is 36.4 Å². The van der Waals surface area contributed by atoms with Gasteiger partial charge in [0.15, 0.2) is 6.61 Å². The van der Waals surface area contributed by atoms with E-state index in [1.54, 1.807) is 12.1 Å². The van der Waals surface area contributed by atoms with E-state index in [-0.39, 0.29) is 11.8 Å². The molecule has 116 valence electrons. The van der Waals surface area contributed by atoms with Crippen molar-refractivity contribution in [1.82, 2.24) is 0 Å². The van der Waals surface area contributed by atoms with Gasteiger partial charge in [0.25, 0.3) is 0 Å². The molecule has 0 spiro atoms. The van der Waals surface area contributed by atoms with E-state index in [0.717, 1.165) is 17.2 Å². The fourth-order valence-corrected chi connectivity index (χ4v) is 2.09. The van der Waals surface area contributed by atoms with Gasteiger partial charge in [-0.3, -0.25) is 4.79 Å². The van der Waals surface area contributed by atoms with Gasteiger partial charge in [0.2, 0.25) is 5.91 Å². The van der Waals surface area contributed by atoms with E-state index in [1.165, 1.54) is 0 Å². The lowest BCUT2D eigenvalue weighted by atomic mass is 10.1. The molecule has 0 saturated heterocycles. The second kappa shape index (κ2) is 6.93. The maximum atomic E-state index is 12.1. The fourth-order valence-electron chi connectivity index (χ4n) is 2.09. The molecule has 0 bridgehead atoms. The van der Waals surface area contributed by atoms with Crippen LogP contribution in [-0.4, -0.2) is 23.6 Å². The number of carboxylic acid groups (broad SMARTS) is 1. The third-order valence-electron chi connectivity index (χ3n) is 3.55. The summed E-state index contributed by atoms with van der Waals surface area (Å²) in [5.74, 6) is -0.647. The molecular weight excluding hydrogens is 282 g/mol. The summed E-state index contributed by atoms with van der Waals surface area (Å²) in [6.45, 7) is 3.44. The summed E-state index contributed by atoms with van der Waals surface area (Å²) in [6, 6.07) is 10.8. The van der Waals surface area contributed by atoms with Gasteiger partial charge < -0.3 is 15.2 Å². The van der Waals surface area contributed by atoms with Crippen LogP contribution in [0.15, 0.2) is 36.4 Å². The van der Waals surface area contributed by atoms with Crippen molar-refractivity contribution < 1.29 is 19.4 Å². The van der Waals surface area contributed by atoms with Gasteiger partial charge in [-0.15, -0.1) is 0 Å². The normalized spacial score (nSPS) is 11.9. The Labute approximate surface area is 128 Å². The highest BCUT2D eigenvalue weighted by molar-refractivity contribution is 6.04. The number of hydrogen-bond acceptors (Lipinski definition) is 3. The van der Waals surface area contributed by atoms with Crippen LogP contribution in [0, 0.1) is 5.92 Å². The van der Waals surface area contributed by atoms with Crippen molar-refractivity contribution in [2.45, 2.75) is 20.3 Å². The fraction of sp³-hybridized carbons (Fsp3) is 0.294. The Morgan fingerprint density at radius 2 is 1.86 bits per heavy atom. The maximum absolute atomic E-state index is 12.1. The average Bonchev–Trinajstić information content (AvgIpc) is 2.53. The largest absolute Gasteiger partial charge is 0.481 e. The summed E-state index contributed by atoms with van der Waals surface area (Å²) in [7, 11) is 0. The minimum atomic E-state index is -1.03. The molecular formula is C17H19NO4. The number of ether oxygens (including phenoxy) is 1. The van der Waals surface area contributed by atoms with Crippen LogP contribution in [0.2, 0.25) is 0 Å². The van der Waals surface area contributed by atoms with Crippen LogP contribution in [0.3, 0.4) is 0 Å². The Morgan fingerprint density at radius 3 is 2.50 bits per heavy atom.